The van der Waals surface area contributed by atoms with Crippen molar-refractivity contribution in [1.82, 2.24) is 25.1 Å². The van der Waals surface area contributed by atoms with Gasteiger partial charge < -0.3 is 11.1 Å². The number of halogens is 2. The lowest BCUT2D eigenvalue weighted by Gasteiger charge is -2.23. The predicted molar refractivity (Wildman–Crippen MR) is 75.8 cm³/mol. The topological polar surface area (TPSA) is 81.7 Å². The van der Waals surface area contributed by atoms with Gasteiger partial charge in [0.1, 0.15) is 16.7 Å². The molecule has 6 nitrogen and oxygen atoms in total. The van der Waals surface area contributed by atoms with Gasteiger partial charge in [0.15, 0.2) is 5.65 Å². The molecule has 98 valence electrons. The molecule has 1 atom stereocenters. The molecule has 1 saturated heterocycles. The lowest BCUT2D eigenvalue weighted by Crippen LogP contribution is -2.32. The average molecular weight is 334 g/mol. The molecule has 1 fully saturated rings. The summed E-state index contributed by atoms with van der Waals surface area (Å²) in [6, 6.07) is 0.340. The minimum absolute atomic E-state index is 0. The number of hydrogen-bond acceptors (Lipinski definition) is 5. The van der Waals surface area contributed by atoms with Gasteiger partial charge in [-0.3, -0.25) is 0 Å². The molecule has 3 N–H and O–H groups in total. The van der Waals surface area contributed by atoms with Crippen LogP contribution >= 0.6 is 28.3 Å². The summed E-state index contributed by atoms with van der Waals surface area (Å²) < 4.78 is 2.67. The Morgan fingerprint density at radius 2 is 2.28 bits per heavy atom. The van der Waals surface area contributed by atoms with Crippen LogP contribution in [0.5, 0.6) is 0 Å². The van der Waals surface area contributed by atoms with Crippen LogP contribution in [0.4, 0.5) is 5.82 Å². The van der Waals surface area contributed by atoms with Gasteiger partial charge in [0, 0.05) is 6.54 Å². The first-order valence-corrected chi connectivity index (χ1v) is 6.41. The zero-order valence-electron chi connectivity index (χ0n) is 9.64. The molecule has 0 aromatic carbocycles. The first kappa shape index (κ1) is 13.5. The monoisotopic (exact) mass is 332 g/mol. The van der Waals surface area contributed by atoms with Gasteiger partial charge in [-0.2, -0.15) is 5.10 Å². The molecular weight excluding hydrogens is 320 g/mol. The smallest absolute Gasteiger partial charge is 0.164 e. The van der Waals surface area contributed by atoms with Crippen molar-refractivity contribution in [1.29, 1.82) is 0 Å². The number of aromatic nitrogens is 4. The lowest BCUT2D eigenvalue weighted by molar-refractivity contribution is 0.352. The van der Waals surface area contributed by atoms with Crippen molar-refractivity contribution >= 4 is 45.2 Å². The molecule has 1 aliphatic rings. The Bertz CT molecular complexity index is 551. The Kier molecular flexibility index (Phi) is 4.04. The Labute approximate surface area is 119 Å². The van der Waals surface area contributed by atoms with E-state index in [1.165, 1.54) is 6.33 Å². The summed E-state index contributed by atoms with van der Waals surface area (Å²) in [7, 11) is 0. The summed E-state index contributed by atoms with van der Waals surface area (Å²) >= 11 is 3.42. The molecule has 3 heterocycles. The normalized spacial score (nSPS) is 19.7. The standard InChI is InChI=1S/C10H13BrN6.ClH/c11-8-7-9(12)14-5-15-10(7)17(16-8)6-2-1-3-13-4-6;/h5-6,13H,1-4H2,(H2,12,14,15);1H. The van der Waals surface area contributed by atoms with Crippen LogP contribution in [0, 0.1) is 0 Å². The van der Waals surface area contributed by atoms with E-state index in [1.54, 1.807) is 0 Å². The third-order valence-electron chi connectivity index (χ3n) is 3.09. The summed E-state index contributed by atoms with van der Waals surface area (Å²) in [6.07, 6.45) is 3.75. The second-order valence-corrected chi connectivity index (χ2v) is 4.94. The van der Waals surface area contributed by atoms with E-state index < -0.39 is 0 Å². The van der Waals surface area contributed by atoms with Crippen molar-refractivity contribution in [3.8, 4) is 0 Å². The molecule has 0 radical (unpaired) electrons. The third-order valence-corrected chi connectivity index (χ3v) is 3.65. The van der Waals surface area contributed by atoms with Gasteiger partial charge in [0.2, 0.25) is 0 Å². The van der Waals surface area contributed by atoms with Gasteiger partial charge in [0.25, 0.3) is 0 Å². The molecule has 18 heavy (non-hydrogen) atoms. The Morgan fingerprint density at radius 3 is 3.00 bits per heavy atom. The van der Waals surface area contributed by atoms with E-state index in [1.807, 2.05) is 4.68 Å². The van der Waals surface area contributed by atoms with Crippen LogP contribution < -0.4 is 11.1 Å². The van der Waals surface area contributed by atoms with E-state index >= 15 is 0 Å². The van der Waals surface area contributed by atoms with Gasteiger partial charge in [-0.15, -0.1) is 12.4 Å². The van der Waals surface area contributed by atoms with Crippen molar-refractivity contribution in [3.05, 3.63) is 10.9 Å². The molecule has 0 aliphatic carbocycles. The number of rotatable bonds is 1. The zero-order valence-corrected chi connectivity index (χ0v) is 12.0. The molecule has 1 unspecified atom stereocenters. The fourth-order valence-electron chi connectivity index (χ4n) is 2.25. The second-order valence-electron chi connectivity index (χ2n) is 4.19. The highest BCUT2D eigenvalue weighted by Crippen LogP contribution is 2.29. The third kappa shape index (κ3) is 2.17. The molecule has 0 spiro atoms. The van der Waals surface area contributed by atoms with Gasteiger partial charge in [-0.25, -0.2) is 14.6 Å². The minimum atomic E-state index is 0. The molecule has 1 aliphatic heterocycles. The quantitative estimate of drug-likeness (QED) is 0.827. The Balaban J connectivity index is 0.00000120. The van der Waals surface area contributed by atoms with Crippen LogP contribution in [-0.2, 0) is 0 Å². The fourth-order valence-corrected chi connectivity index (χ4v) is 2.80. The lowest BCUT2D eigenvalue weighted by atomic mass is 10.1. The maximum atomic E-state index is 5.85. The number of hydrogen-bond donors (Lipinski definition) is 2. The summed E-state index contributed by atoms with van der Waals surface area (Å²) in [5.74, 6) is 0.469. The number of nitrogen functional groups attached to an aromatic ring is 1. The maximum Gasteiger partial charge on any atom is 0.164 e. The molecule has 0 amide bonds. The van der Waals surface area contributed by atoms with Crippen LogP contribution in [0.2, 0.25) is 0 Å². The van der Waals surface area contributed by atoms with Crippen LogP contribution in [0.3, 0.4) is 0 Å². The van der Waals surface area contributed by atoms with Crippen molar-refractivity contribution in [2.24, 2.45) is 0 Å². The van der Waals surface area contributed by atoms with Crippen LogP contribution in [-0.4, -0.2) is 32.8 Å². The van der Waals surface area contributed by atoms with Crippen LogP contribution in [0.1, 0.15) is 18.9 Å². The fraction of sp³-hybridized carbons (Fsp3) is 0.500. The first-order chi connectivity index (χ1) is 8.27. The predicted octanol–water partition coefficient (Wildman–Crippen LogP) is 1.52. The number of nitrogens with zero attached hydrogens (tertiary/aromatic N) is 4. The highest BCUT2D eigenvalue weighted by molar-refractivity contribution is 9.10. The van der Waals surface area contributed by atoms with Gasteiger partial charge in [-0.05, 0) is 35.3 Å². The summed E-state index contributed by atoms with van der Waals surface area (Å²) in [4.78, 5) is 8.28. The van der Waals surface area contributed by atoms with Gasteiger partial charge >= 0.3 is 0 Å². The van der Waals surface area contributed by atoms with Gasteiger partial charge in [0.05, 0.1) is 11.4 Å². The molecule has 3 rings (SSSR count). The Morgan fingerprint density at radius 1 is 1.44 bits per heavy atom. The van der Waals surface area contributed by atoms with E-state index in [-0.39, 0.29) is 12.4 Å². The maximum absolute atomic E-state index is 5.85. The number of fused-ring (bicyclic) bond motifs is 1. The van der Waals surface area contributed by atoms with E-state index in [0.717, 1.165) is 41.6 Å². The molecule has 2 aromatic heterocycles. The van der Waals surface area contributed by atoms with Crippen LogP contribution in [0.25, 0.3) is 11.0 Å². The molecule has 0 bridgehead atoms. The van der Waals surface area contributed by atoms with Crippen LogP contribution in [0.15, 0.2) is 10.9 Å². The number of piperidine rings is 1. The average Bonchev–Trinajstić information content (AvgIpc) is 2.69. The second kappa shape index (κ2) is 5.38. The van der Waals surface area contributed by atoms with Gasteiger partial charge in [-0.1, -0.05) is 0 Å². The number of nitrogens with one attached hydrogen (secondary N) is 1. The zero-order chi connectivity index (χ0) is 11.8. The van der Waals surface area contributed by atoms with Crippen molar-refractivity contribution < 1.29 is 0 Å². The number of nitrogens with two attached hydrogens (primary N) is 1. The van der Waals surface area contributed by atoms with Crippen molar-refractivity contribution in [2.75, 3.05) is 18.8 Å². The van der Waals surface area contributed by atoms with E-state index in [2.05, 4.69) is 36.3 Å². The Hall–Kier alpha value is -0.920. The molecule has 0 saturated carbocycles. The molecular formula is C10H14BrClN6. The number of anilines is 1. The van der Waals surface area contributed by atoms with Crippen molar-refractivity contribution in [3.63, 3.8) is 0 Å². The van der Waals surface area contributed by atoms with Crippen molar-refractivity contribution in [2.45, 2.75) is 18.9 Å². The molecule has 2 aromatic rings. The highest BCUT2D eigenvalue weighted by Gasteiger charge is 2.21. The highest BCUT2D eigenvalue weighted by atomic mass is 79.9. The SMILES string of the molecule is Cl.Nc1ncnc2c1c(Br)nn2C1CCCNC1. The van der Waals surface area contributed by atoms with E-state index in [0.29, 0.717) is 11.9 Å². The van der Waals surface area contributed by atoms with E-state index in [4.69, 9.17) is 5.73 Å². The summed E-state index contributed by atoms with van der Waals surface area (Å²) in [5, 5.41) is 8.66. The first-order valence-electron chi connectivity index (χ1n) is 5.62. The molecule has 8 heteroatoms. The summed E-state index contributed by atoms with van der Waals surface area (Å²) in [5.41, 5.74) is 6.65. The minimum Gasteiger partial charge on any atom is -0.383 e. The van der Waals surface area contributed by atoms with E-state index in [9.17, 15) is 0 Å². The summed E-state index contributed by atoms with van der Waals surface area (Å²) in [6.45, 7) is 2.00. The largest absolute Gasteiger partial charge is 0.383 e.